The molecule has 0 atom stereocenters. The van der Waals surface area contributed by atoms with E-state index in [2.05, 4.69) is 74.8 Å². The van der Waals surface area contributed by atoms with Crippen LogP contribution in [0.5, 0.6) is 0 Å². The third kappa shape index (κ3) is 3.99. The number of benzene rings is 2. The predicted molar refractivity (Wildman–Crippen MR) is 104 cm³/mol. The fraction of sp³-hybridized carbons (Fsp3) is 0.0714. The van der Waals surface area contributed by atoms with Crippen molar-refractivity contribution in [3.8, 4) is 0 Å². The lowest BCUT2D eigenvalue weighted by Gasteiger charge is -2.06. The van der Waals surface area contributed by atoms with E-state index in [4.69, 9.17) is 23.2 Å². The summed E-state index contributed by atoms with van der Waals surface area (Å²) in [5.41, 5.74) is 5.81. The Labute approximate surface area is 155 Å². The van der Waals surface area contributed by atoms with Crippen LogP contribution in [-0.4, -0.2) is 6.21 Å². The van der Waals surface area contributed by atoms with Crippen molar-refractivity contribution in [2.45, 2.75) is 6.92 Å². The summed E-state index contributed by atoms with van der Waals surface area (Å²) in [5.74, 6) is 0. The van der Waals surface area contributed by atoms with Crippen LogP contribution < -0.4 is 5.43 Å². The van der Waals surface area contributed by atoms with Crippen LogP contribution in [0.15, 0.2) is 35.4 Å². The van der Waals surface area contributed by atoms with Crippen LogP contribution in [0.3, 0.4) is 0 Å². The van der Waals surface area contributed by atoms with Crippen LogP contribution in [0.2, 0.25) is 10.0 Å². The van der Waals surface area contributed by atoms with Crippen molar-refractivity contribution in [2.75, 3.05) is 5.43 Å². The van der Waals surface area contributed by atoms with Gasteiger partial charge >= 0.3 is 0 Å². The van der Waals surface area contributed by atoms with Crippen LogP contribution in [0.25, 0.3) is 0 Å². The fourth-order valence-electron chi connectivity index (χ4n) is 1.52. The molecule has 1 N–H and O–H groups in total. The molecule has 2 rings (SSSR count). The fourth-order valence-corrected chi connectivity index (χ4v) is 3.81. The summed E-state index contributed by atoms with van der Waals surface area (Å²) in [5, 5.41) is 5.28. The zero-order valence-corrected chi connectivity index (χ0v) is 16.3. The van der Waals surface area contributed by atoms with Crippen molar-refractivity contribution in [1.29, 1.82) is 0 Å². The molecule has 0 heterocycles. The van der Waals surface area contributed by atoms with Gasteiger partial charge in [0.25, 0.3) is 0 Å². The van der Waals surface area contributed by atoms with Gasteiger partial charge in [-0.05, 0) is 87.5 Å². The Morgan fingerprint density at radius 2 is 1.65 bits per heavy atom. The minimum absolute atomic E-state index is 0.544. The average Bonchev–Trinajstić information content (AvgIpc) is 2.39. The number of hydrazone groups is 1. The summed E-state index contributed by atoms with van der Waals surface area (Å²) in [4.78, 5) is 0. The van der Waals surface area contributed by atoms with E-state index in [0.717, 1.165) is 5.56 Å². The van der Waals surface area contributed by atoms with Crippen molar-refractivity contribution in [3.05, 3.63) is 58.6 Å². The van der Waals surface area contributed by atoms with Crippen molar-refractivity contribution in [2.24, 2.45) is 5.10 Å². The first-order valence-electron chi connectivity index (χ1n) is 5.68. The molecule has 0 aliphatic carbocycles. The van der Waals surface area contributed by atoms with Gasteiger partial charge in [0.15, 0.2) is 0 Å². The third-order valence-electron chi connectivity index (χ3n) is 2.66. The summed E-state index contributed by atoms with van der Waals surface area (Å²) < 4.78 is 2.43. The molecule has 0 amide bonds. The Morgan fingerprint density at radius 1 is 1.10 bits per heavy atom. The maximum atomic E-state index is 6.06. The Hall–Kier alpha value is -0.0500. The van der Waals surface area contributed by atoms with Crippen molar-refractivity contribution in [1.82, 2.24) is 0 Å². The maximum absolute atomic E-state index is 6.06. The molecule has 6 heteroatoms. The maximum Gasteiger partial charge on any atom is 0.0934 e. The molecule has 2 aromatic rings. The van der Waals surface area contributed by atoms with Crippen LogP contribution >= 0.6 is 68.4 Å². The molecular weight excluding hydrogens is 521 g/mol. The van der Waals surface area contributed by atoms with Gasteiger partial charge in [-0.3, -0.25) is 5.43 Å². The molecule has 0 saturated carbocycles. The first kappa shape index (κ1) is 16.3. The van der Waals surface area contributed by atoms with Gasteiger partial charge < -0.3 is 0 Å². The minimum Gasteiger partial charge on any atom is -0.275 e. The van der Waals surface area contributed by atoms with Gasteiger partial charge in [0, 0.05) is 7.14 Å². The second-order valence-electron chi connectivity index (χ2n) is 4.08. The SMILES string of the molecule is Cc1c(I)cc(/C=N\Nc2c(Cl)cccc2Cl)cc1I. The summed E-state index contributed by atoms with van der Waals surface area (Å²) in [6.45, 7) is 2.10. The van der Waals surface area contributed by atoms with E-state index in [1.54, 1.807) is 24.4 Å². The van der Waals surface area contributed by atoms with Gasteiger partial charge in [-0.25, -0.2) is 0 Å². The van der Waals surface area contributed by atoms with Crippen molar-refractivity contribution < 1.29 is 0 Å². The highest BCUT2D eigenvalue weighted by atomic mass is 127. The van der Waals surface area contributed by atoms with Gasteiger partial charge in [-0.2, -0.15) is 5.10 Å². The Kier molecular flexibility index (Phi) is 5.95. The van der Waals surface area contributed by atoms with Crippen LogP contribution in [0, 0.1) is 14.1 Å². The molecule has 0 radical (unpaired) electrons. The highest BCUT2D eigenvalue weighted by molar-refractivity contribution is 14.1. The van der Waals surface area contributed by atoms with E-state index < -0.39 is 0 Å². The van der Waals surface area contributed by atoms with Crippen molar-refractivity contribution in [3.63, 3.8) is 0 Å². The van der Waals surface area contributed by atoms with E-state index in [-0.39, 0.29) is 0 Å². The quantitative estimate of drug-likeness (QED) is 0.296. The molecule has 0 aromatic heterocycles. The highest BCUT2D eigenvalue weighted by Gasteiger charge is 2.04. The summed E-state index contributed by atoms with van der Waals surface area (Å²) in [6, 6.07) is 9.49. The number of anilines is 1. The molecule has 0 bridgehead atoms. The first-order chi connectivity index (χ1) is 9.49. The lowest BCUT2D eigenvalue weighted by atomic mass is 10.2. The number of rotatable bonds is 3. The molecule has 0 aliphatic rings. The monoisotopic (exact) mass is 530 g/mol. The van der Waals surface area contributed by atoms with E-state index in [0.29, 0.717) is 15.7 Å². The smallest absolute Gasteiger partial charge is 0.0934 e. The molecule has 0 unspecified atom stereocenters. The van der Waals surface area contributed by atoms with Crippen molar-refractivity contribution >= 4 is 80.3 Å². The number of hydrogen-bond acceptors (Lipinski definition) is 2. The predicted octanol–water partition coefficient (Wildman–Crippen LogP) is 5.96. The molecule has 0 aliphatic heterocycles. The Balaban J connectivity index is 2.19. The minimum atomic E-state index is 0.544. The van der Waals surface area contributed by atoms with Crippen LogP contribution in [0.1, 0.15) is 11.1 Å². The van der Waals surface area contributed by atoms with E-state index >= 15 is 0 Å². The molecule has 2 aromatic carbocycles. The largest absolute Gasteiger partial charge is 0.275 e. The zero-order chi connectivity index (χ0) is 14.7. The number of nitrogens with one attached hydrogen (secondary N) is 1. The summed E-state index contributed by atoms with van der Waals surface area (Å²) in [6.07, 6.45) is 1.75. The lowest BCUT2D eigenvalue weighted by Crippen LogP contribution is -1.95. The van der Waals surface area contributed by atoms with E-state index in [1.165, 1.54) is 12.7 Å². The molecule has 20 heavy (non-hydrogen) atoms. The molecule has 104 valence electrons. The Morgan fingerprint density at radius 3 is 2.20 bits per heavy atom. The second-order valence-corrected chi connectivity index (χ2v) is 7.21. The highest BCUT2D eigenvalue weighted by Crippen LogP contribution is 2.29. The molecular formula is C14H10Cl2I2N2. The topological polar surface area (TPSA) is 24.4 Å². The van der Waals surface area contributed by atoms with Gasteiger partial charge in [-0.1, -0.05) is 29.3 Å². The average molecular weight is 531 g/mol. The third-order valence-corrected chi connectivity index (χ3v) is 5.53. The zero-order valence-electron chi connectivity index (χ0n) is 10.4. The molecule has 0 spiro atoms. The van der Waals surface area contributed by atoms with E-state index in [9.17, 15) is 0 Å². The number of hydrogen-bond donors (Lipinski definition) is 1. The standard InChI is InChI=1S/C14H10Cl2I2N2/c1-8-12(17)5-9(6-13(8)18)7-19-20-14-10(15)3-2-4-11(14)16/h2-7,20H,1H3/b19-7-. The van der Waals surface area contributed by atoms with Gasteiger partial charge in [0.1, 0.15) is 0 Å². The molecule has 0 fully saturated rings. The Bertz CT molecular complexity index is 629. The summed E-state index contributed by atoms with van der Waals surface area (Å²) >= 11 is 16.8. The van der Waals surface area contributed by atoms with Gasteiger partial charge in [-0.15, -0.1) is 0 Å². The number of nitrogens with zero attached hydrogens (tertiary/aromatic N) is 1. The second kappa shape index (κ2) is 7.29. The lowest BCUT2D eigenvalue weighted by molar-refractivity contribution is 1.34. The van der Waals surface area contributed by atoms with Gasteiger partial charge in [0.2, 0.25) is 0 Å². The van der Waals surface area contributed by atoms with Crippen LogP contribution in [0.4, 0.5) is 5.69 Å². The molecule has 2 nitrogen and oxygen atoms in total. The number of para-hydroxylation sites is 1. The van der Waals surface area contributed by atoms with E-state index in [1.807, 2.05) is 0 Å². The van der Waals surface area contributed by atoms with Crippen LogP contribution in [-0.2, 0) is 0 Å². The summed E-state index contributed by atoms with van der Waals surface area (Å²) in [7, 11) is 0. The normalized spacial score (nSPS) is 11.1. The van der Waals surface area contributed by atoms with Gasteiger partial charge in [0.05, 0.1) is 21.9 Å². The molecule has 0 saturated heterocycles. The number of halogens is 4. The first-order valence-corrected chi connectivity index (χ1v) is 8.59.